The molecule has 0 fully saturated rings. The molecule has 61 heavy (non-hydrogen) atoms. The fourth-order valence-corrected chi connectivity index (χ4v) is 6.67. The maximum Gasteiger partial charge on any atom is 0.306 e. The lowest BCUT2D eigenvalue weighted by atomic mass is 10.1. The minimum absolute atomic E-state index is 0.0451. The lowest BCUT2D eigenvalue weighted by Crippen LogP contribution is -2.37. The van der Waals surface area contributed by atoms with Gasteiger partial charge in [-0.2, -0.15) is 0 Å². The molecule has 0 heterocycles. The van der Waals surface area contributed by atoms with Crippen LogP contribution in [0.4, 0.5) is 0 Å². The number of unbranched alkanes of at least 4 members (excludes halogenated alkanes) is 14. The molecule has 2 atom stereocenters. The number of nitrogens with zero attached hydrogens (tertiary/aromatic N) is 1. The molecule has 0 saturated carbocycles. The Kier molecular flexibility index (Phi) is 40.5. The van der Waals surface area contributed by atoms with Crippen LogP contribution in [0.15, 0.2) is 85.1 Å². The summed E-state index contributed by atoms with van der Waals surface area (Å²) in [5.74, 6) is -0.901. The minimum atomic E-state index is -4.65. The first-order chi connectivity index (χ1) is 29.5. The van der Waals surface area contributed by atoms with Crippen molar-refractivity contribution in [2.24, 2.45) is 0 Å². The highest BCUT2D eigenvalue weighted by Gasteiger charge is 2.21. The summed E-state index contributed by atoms with van der Waals surface area (Å²) >= 11 is 0. The van der Waals surface area contributed by atoms with Gasteiger partial charge in [-0.3, -0.25) is 14.2 Å². The van der Waals surface area contributed by atoms with E-state index < -0.39 is 32.5 Å². The zero-order valence-electron chi connectivity index (χ0n) is 39.3. The maximum absolute atomic E-state index is 12.7. The molecule has 0 aliphatic carbocycles. The van der Waals surface area contributed by atoms with Crippen LogP contribution < -0.4 is 4.89 Å². The van der Waals surface area contributed by atoms with E-state index in [4.69, 9.17) is 18.5 Å². The van der Waals surface area contributed by atoms with E-state index in [-0.39, 0.29) is 26.1 Å². The van der Waals surface area contributed by atoms with Crippen molar-refractivity contribution in [1.29, 1.82) is 0 Å². The quantitative estimate of drug-likeness (QED) is 0.0196. The number of esters is 2. The van der Waals surface area contributed by atoms with Crippen LogP contribution in [0.2, 0.25) is 0 Å². The zero-order chi connectivity index (χ0) is 45.0. The van der Waals surface area contributed by atoms with Gasteiger partial charge < -0.3 is 27.9 Å². The van der Waals surface area contributed by atoms with Gasteiger partial charge >= 0.3 is 11.9 Å². The summed E-state index contributed by atoms with van der Waals surface area (Å²) < 4.78 is 33.9. The fraction of sp³-hybridized carbons (Fsp3) is 0.686. The van der Waals surface area contributed by atoms with Gasteiger partial charge in [-0.1, -0.05) is 157 Å². The normalized spacial score (nSPS) is 14.3. The molecule has 2 unspecified atom stereocenters. The van der Waals surface area contributed by atoms with Crippen molar-refractivity contribution < 1.29 is 42.1 Å². The minimum Gasteiger partial charge on any atom is -0.756 e. The first-order valence-corrected chi connectivity index (χ1v) is 25.3. The van der Waals surface area contributed by atoms with Gasteiger partial charge in [0.15, 0.2) is 6.10 Å². The predicted molar refractivity (Wildman–Crippen MR) is 254 cm³/mol. The molecule has 0 saturated heterocycles. The third-order valence-electron chi connectivity index (χ3n) is 9.65. The average Bonchev–Trinajstić information content (AvgIpc) is 3.21. The summed E-state index contributed by atoms with van der Waals surface area (Å²) in [5, 5.41) is 0. The fourth-order valence-electron chi connectivity index (χ4n) is 5.95. The number of hydrogen-bond acceptors (Lipinski definition) is 8. The number of likely N-dealkylation sites (N-methyl/N-ethyl adjacent to an activating group) is 1. The highest BCUT2D eigenvalue weighted by atomic mass is 31.2. The number of carbonyl (C=O) groups is 2. The second-order valence-corrected chi connectivity index (χ2v) is 18.1. The predicted octanol–water partition coefficient (Wildman–Crippen LogP) is 13.3. The number of quaternary nitrogens is 1. The highest BCUT2D eigenvalue weighted by molar-refractivity contribution is 7.45. The van der Waals surface area contributed by atoms with E-state index >= 15 is 0 Å². The van der Waals surface area contributed by atoms with E-state index in [1.807, 2.05) is 21.1 Å². The SMILES string of the molecule is CC/C=C\C/C=C\C/C=C\C/C=C\C/C=C\C/C=C\CCCCC(=O)OC(COC(=O)CCCCCCC/C=C\CCCCCCCCC)COP(=O)([O-])OCC[N+](C)(C)C. The second kappa shape index (κ2) is 42.5. The molecule has 9 nitrogen and oxygen atoms in total. The van der Waals surface area contributed by atoms with Crippen LogP contribution in [-0.4, -0.2) is 70.0 Å². The van der Waals surface area contributed by atoms with Gasteiger partial charge in [-0.05, 0) is 89.9 Å². The summed E-state index contributed by atoms with van der Waals surface area (Å²) in [7, 11) is 1.12. The van der Waals surface area contributed by atoms with Crippen molar-refractivity contribution in [3.63, 3.8) is 0 Å². The number of rotatable bonds is 42. The molecule has 0 radical (unpaired) electrons. The standard InChI is InChI=1S/C51H88NO8P/c1-6-8-10-12-14-16-18-20-22-24-25-26-27-28-30-32-34-36-38-40-42-44-51(54)60-49(48-59-61(55,56)58-46-45-52(3,4)5)47-57-50(53)43-41-39-37-35-33-31-29-23-21-19-17-15-13-11-9-7-2/h8,10,14,16,20,22-23,25-26,28-30,34,36,49H,6-7,9,11-13,15,17-19,21,24,27,31-33,35,37-48H2,1-5H3/b10-8-,16-14-,22-20-,26-25-,29-23-,30-28-,36-34-. The highest BCUT2D eigenvalue weighted by Crippen LogP contribution is 2.38. The lowest BCUT2D eigenvalue weighted by Gasteiger charge is -2.28. The zero-order valence-corrected chi connectivity index (χ0v) is 40.2. The Bertz CT molecular complexity index is 1310. The summed E-state index contributed by atoms with van der Waals surface area (Å²) in [6, 6.07) is 0. The van der Waals surface area contributed by atoms with Gasteiger partial charge in [0, 0.05) is 12.8 Å². The van der Waals surface area contributed by atoms with E-state index in [0.29, 0.717) is 23.9 Å². The Morgan fingerprint density at radius 2 is 0.934 bits per heavy atom. The Hall–Kier alpha value is -2.81. The number of hydrogen-bond donors (Lipinski definition) is 0. The van der Waals surface area contributed by atoms with Crippen LogP contribution >= 0.6 is 7.82 Å². The van der Waals surface area contributed by atoms with Crippen molar-refractivity contribution in [2.45, 2.75) is 180 Å². The van der Waals surface area contributed by atoms with Crippen molar-refractivity contribution >= 4 is 19.8 Å². The molecule has 350 valence electrons. The summed E-state index contributed by atoms with van der Waals surface area (Å²) in [6.45, 7) is 4.04. The summed E-state index contributed by atoms with van der Waals surface area (Å²) in [4.78, 5) is 37.6. The van der Waals surface area contributed by atoms with E-state index in [9.17, 15) is 19.0 Å². The molecule has 0 N–H and O–H groups in total. The third kappa shape index (κ3) is 46.5. The number of carbonyl (C=O) groups excluding carboxylic acids is 2. The number of phosphoric ester groups is 1. The van der Waals surface area contributed by atoms with Crippen LogP contribution in [0.25, 0.3) is 0 Å². The molecule has 0 aliphatic rings. The van der Waals surface area contributed by atoms with Crippen LogP contribution in [0.1, 0.15) is 174 Å². The molecule has 0 spiro atoms. The smallest absolute Gasteiger partial charge is 0.306 e. The van der Waals surface area contributed by atoms with Gasteiger partial charge in [0.25, 0.3) is 7.82 Å². The van der Waals surface area contributed by atoms with E-state index in [0.717, 1.165) is 83.5 Å². The Morgan fingerprint density at radius 1 is 0.525 bits per heavy atom. The lowest BCUT2D eigenvalue weighted by molar-refractivity contribution is -0.870. The summed E-state index contributed by atoms with van der Waals surface area (Å²) in [5.41, 5.74) is 0. The molecule has 0 rings (SSSR count). The van der Waals surface area contributed by atoms with Crippen LogP contribution in [0.5, 0.6) is 0 Å². The molecule has 0 amide bonds. The van der Waals surface area contributed by atoms with Gasteiger partial charge in [0.1, 0.15) is 19.8 Å². The molecule has 0 aromatic carbocycles. The Balaban J connectivity index is 4.43. The Morgan fingerprint density at radius 3 is 1.44 bits per heavy atom. The summed E-state index contributed by atoms with van der Waals surface area (Å²) in [6.07, 6.45) is 54.7. The number of ether oxygens (including phenoxy) is 2. The molecule has 10 heteroatoms. The number of phosphoric acid groups is 1. The van der Waals surface area contributed by atoms with E-state index in [1.165, 1.54) is 51.4 Å². The third-order valence-corrected chi connectivity index (χ3v) is 10.6. The molecular formula is C51H88NO8P. The van der Waals surface area contributed by atoms with E-state index in [1.54, 1.807) is 0 Å². The molecule has 0 bridgehead atoms. The van der Waals surface area contributed by atoms with Crippen molar-refractivity contribution in [3.8, 4) is 0 Å². The Labute approximate surface area is 373 Å². The monoisotopic (exact) mass is 874 g/mol. The van der Waals surface area contributed by atoms with Gasteiger partial charge in [0.05, 0.1) is 27.7 Å². The van der Waals surface area contributed by atoms with Gasteiger partial charge in [0.2, 0.25) is 0 Å². The molecular weight excluding hydrogens is 786 g/mol. The van der Waals surface area contributed by atoms with Gasteiger partial charge in [-0.25, -0.2) is 0 Å². The largest absolute Gasteiger partial charge is 0.756 e. The average molecular weight is 874 g/mol. The van der Waals surface area contributed by atoms with Crippen molar-refractivity contribution in [3.05, 3.63) is 85.1 Å². The van der Waals surface area contributed by atoms with E-state index in [2.05, 4.69) is 98.9 Å². The second-order valence-electron chi connectivity index (χ2n) is 16.7. The molecule has 0 aliphatic heterocycles. The van der Waals surface area contributed by atoms with Crippen molar-refractivity contribution in [1.82, 2.24) is 0 Å². The topological polar surface area (TPSA) is 111 Å². The molecule has 0 aromatic heterocycles. The first-order valence-electron chi connectivity index (χ1n) is 23.8. The molecule has 0 aromatic rings. The van der Waals surface area contributed by atoms with Crippen LogP contribution in [-0.2, 0) is 32.7 Å². The van der Waals surface area contributed by atoms with Crippen LogP contribution in [0, 0.1) is 0 Å². The first kappa shape index (κ1) is 58.2. The van der Waals surface area contributed by atoms with Crippen molar-refractivity contribution in [2.75, 3.05) is 47.5 Å². The van der Waals surface area contributed by atoms with Gasteiger partial charge in [-0.15, -0.1) is 0 Å². The van der Waals surface area contributed by atoms with Crippen LogP contribution in [0.3, 0.4) is 0 Å². The maximum atomic E-state index is 12.7. The number of allylic oxidation sites excluding steroid dienone is 14.